The normalized spacial score (nSPS) is 18.4. The summed E-state index contributed by atoms with van der Waals surface area (Å²) in [5.74, 6) is 1.04. The highest BCUT2D eigenvalue weighted by Crippen LogP contribution is 2.45. The Labute approximate surface area is 239 Å². The van der Waals surface area contributed by atoms with E-state index in [-0.39, 0.29) is 11.5 Å². The van der Waals surface area contributed by atoms with E-state index in [0.29, 0.717) is 31.5 Å². The Kier molecular flexibility index (Phi) is 7.99. The van der Waals surface area contributed by atoms with Crippen molar-refractivity contribution >= 4 is 74.1 Å². The van der Waals surface area contributed by atoms with Crippen molar-refractivity contribution in [1.29, 1.82) is 0 Å². The number of hydrogen-bond acceptors (Lipinski definition) is 7. The van der Waals surface area contributed by atoms with Crippen LogP contribution in [0.5, 0.6) is 0 Å². The third-order valence-corrected chi connectivity index (χ3v) is 10.3. The van der Waals surface area contributed by atoms with Crippen molar-refractivity contribution in [1.82, 2.24) is 14.0 Å². The number of carbonyl (C=O) groups excluding carboxylic acids is 1. The van der Waals surface area contributed by atoms with Crippen LogP contribution >= 0.6 is 47.1 Å². The van der Waals surface area contributed by atoms with Gasteiger partial charge in [-0.3, -0.25) is 24.0 Å². The fraction of sp³-hybridized carbons (Fsp3) is 0.333. The number of aromatic nitrogens is 3. The van der Waals surface area contributed by atoms with Crippen molar-refractivity contribution in [3.05, 3.63) is 67.3 Å². The zero-order chi connectivity index (χ0) is 27.0. The third kappa shape index (κ3) is 4.70. The summed E-state index contributed by atoms with van der Waals surface area (Å²) in [5, 5.41) is 2.20. The summed E-state index contributed by atoms with van der Waals surface area (Å²) in [6.45, 7) is 8.06. The molecule has 0 N–H and O–H groups in total. The standard InChI is InChI=1S/C27H30N5O2S4/c1-5-8-16-31-24(34)21(38-27(31)35)25-30(7-3)23(33)19(36-25)14-15-20-29(6-2)22-26(37-20)32(17-28(22)4)18-12-10-9-11-13-18/h9-15,17H,5-8,16H2,1-4H3/q+1/b19-14+,20-15-,25-21-. The molecule has 2 aliphatic rings. The first-order chi connectivity index (χ1) is 18.4. The number of carbonyl (C=O) groups is 1. The first kappa shape index (κ1) is 27.0. The predicted octanol–water partition coefficient (Wildman–Crippen LogP) is 3.57. The van der Waals surface area contributed by atoms with Gasteiger partial charge < -0.3 is 0 Å². The van der Waals surface area contributed by atoms with Gasteiger partial charge in [-0.25, -0.2) is 9.13 Å². The molecule has 11 heteroatoms. The summed E-state index contributed by atoms with van der Waals surface area (Å²) in [6.07, 6.45) is 7.90. The summed E-state index contributed by atoms with van der Waals surface area (Å²) in [7, 11) is 2.06. The number of fused-ring (bicyclic) bond motifs is 1. The second-order valence-corrected chi connectivity index (χ2v) is 12.6. The molecule has 0 atom stereocenters. The lowest BCUT2D eigenvalue weighted by Crippen LogP contribution is -2.34. The molecule has 0 aliphatic carbocycles. The molecular weight excluding hydrogens is 555 g/mol. The van der Waals surface area contributed by atoms with Gasteiger partial charge in [-0.05, 0) is 56.3 Å². The molecule has 0 spiro atoms. The van der Waals surface area contributed by atoms with Gasteiger partial charge in [0.15, 0.2) is 6.33 Å². The average molecular weight is 585 g/mol. The maximum Gasteiger partial charge on any atom is 0.276 e. The van der Waals surface area contributed by atoms with Crippen molar-refractivity contribution in [2.75, 3.05) is 18.0 Å². The molecule has 1 aromatic carbocycles. The number of thioether (sulfide) groups is 2. The fourth-order valence-corrected chi connectivity index (χ4v) is 8.40. The second kappa shape index (κ2) is 11.3. The van der Waals surface area contributed by atoms with Crippen molar-refractivity contribution in [2.45, 2.75) is 45.2 Å². The highest BCUT2D eigenvalue weighted by atomic mass is 32.2. The minimum absolute atomic E-state index is 0.0777. The number of thiazole rings is 1. The number of amides is 1. The number of hydrogen-bond donors (Lipinski definition) is 0. The van der Waals surface area contributed by atoms with E-state index in [1.807, 2.05) is 37.3 Å². The van der Waals surface area contributed by atoms with Crippen LogP contribution in [-0.4, -0.2) is 37.4 Å². The summed E-state index contributed by atoms with van der Waals surface area (Å²) in [6, 6.07) is 10.3. The number of benzene rings is 1. The highest BCUT2D eigenvalue weighted by molar-refractivity contribution is 8.30. The summed E-state index contributed by atoms with van der Waals surface area (Å²) < 4.78 is 7.90. The molecule has 1 fully saturated rings. The van der Waals surface area contributed by atoms with Gasteiger partial charge in [0.05, 0.1) is 18.1 Å². The molecule has 2 aromatic heterocycles. The zero-order valence-corrected chi connectivity index (χ0v) is 25.1. The van der Waals surface area contributed by atoms with Crippen LogP contribution in [0.2, 0.25) is 0 Å². The molecule has 0 unspecified atom stereocenters. The van der Waals surface area contributed by atoms with E-state index in [0.717, 1.165) is 40.9 Å². The van der Waals surface area contributed by atoms with E-state index >= 15 is 0 Å². The molecule has 4 heterocycles. The Morgan fingerprint density at radius 1 is 1.00 bits per heavy atom. The van der Waals surface area contributed by atoms with Crippen molar-refractivity contribution in [3.8, 4) is 5.69 Å². The van der Waals surface area contributed by atoms with Gasteiger partial charge in [0.25, 0.3) is 17.3 Å². The Balaban J connectivity index is 1.55. The van der Waals surface area contributed by atoms with E-state index < -0.39 is 0 Å². The van der Waals surface area contributed by atoms with Crippen molar-refractivity contribution in [3.63, 3.8) is 0 Å². The Morgan fingerprint density at radius 3 is 2.45 bits per heavy atom. The molecule has 0 saturated carbocycles. The van der Waals surface area contributed by atoms with Crippen LogP contribution in [0.1, 0.15) is 33.6 Å². The van der Waals surface area contributed by atoms with Gasteiger partial charge in [0.2, 0.25) is 5.03 Å². The first-order valence-corrected chi connectivity index (χ1v) is 15.6. The number of imidazole rings is 1. The Morgan fingerprint density at radius 2 is 1.76 bits per heavy atom. The molecule has 0 radical (unpaired) electrons. The lowest BCUT2D eigenvalue weighted by atomic mass is 10.3. The van der Waals surface area contributed by atoms with Crippen LogP contribution in [0.25, 0.3) is 16.7 Å². The van der Waals surface area contributed by atoms with Crippen LogP contribution in [-0.2, 0) is 18.4 Å². The number of thiocarbonyl (C=S) groups is 1. The van der Waals surface area contributed by atoms with Crippen LogP contribution in [0.4, 0.5) is 5.82 Å². The summed E-state index contributed by atoms with van der Waals surface area (Å²) in [5.41, 5.74) is 1.03. The van der Waals surface area contributed by atoms with Crippen LogP contribution in [0, 0.1) is 0 Å². The molecule has 1 amide bonds. The molecule has 38 heavy (non-hydrogen) atoms. The van der Waals surface area contributed by atoms with Gasteiger partial charge >= 0.3 is 0 Å². The van der Waals surface area contributed by atoms with E-state index in [1.165, 1.54) is 23.1 Å². The van der Waals surface area contributed by atoms with Gasteiger partial charge in [-0.1, -0.05) is 55.5 Å². The highest BCUT2D eigenvalue weighted by Gasteiger charge is 2.38. The zero-order valence-electron chi connectivity index (χ0n) is 21.8. The van der Waals surface area contributed by atoms with Gasteiger partial charge in [-0.2, -0.15) is 0 Å². The minimum Gasteiger partial charge on any atom is -0.298 e. The minimum atomic E-state index is -0.0915. The monoisotopic (exact) mass is 584 g/mol. The number of unbranched alkanes of at least 4 members (excludes halogenated alkanes) is 1. The van der Waals surface area contributed by atoms with Gasteiger partial charge in [0, 0.05) is 13.1 Å². The van der Waals surface area contributed by atoms with Crippen LogP contribution < -0.4 is 24.2 Å². The lowest BCUT2D eigenvalue weighted by molar-refractivity contribution is -0.658. The molecule has 5 rings (SSSR count). The number of aryl methyl sites for hydroxylation is 1. The Bertz CT molecular complexity index is 1620. The number of para-hydroxylation sites is 1. The number of nitrogens with zero attached hydrogens (tertiary/aromatic N) is 5. The Hall–Kier alpha value is -2.60. The molecule has 3 aromatic rings. The number of allylic oxidation sites excluding steroid dienone is 1. The second-order valence-electron chi connectivity index (χ2n) is 8.91. The van der Waals surface area contributed by atoms with E-state index in [1.54, 1.807) is 21.2 Å². The van der Waals surface area contributed by atoms with Crippen LogP contribution in [0.15, 0.2) is 57.6 Å². The third-order valence-electron chi connectivity index (χ3n) is 6.49. The summed E-state index contributed by atoms with van der Waals surface area (Å²) in [4.78, 5) is 31.0. The van der Waals surface area contributed by atoms with E-state index in [9.17, 15) is 9.59 Å². The molecule has 7 nitrogen and oxygen atoms in total. The maximum absolute atomic E-state index is 13.3. The SMILES string of the molecule is CCCCN1C(=O)/C(=c2/s/c(=C/C=C3\Sc4c([n+](C)cn4-c4ccccc4)N3CC)c(=O)n2CC)SC1=S. The van der Waals surface area contributed by atoms with Gasteiger partial charge in [0.1, 0.15) is 24.6 Å². The number of anilines is 1. The largest absolute Gasteiger partial charge is 0.298 e. The molecule has 198 valence electrons. The van der Waals surface area contributed by atoms with E-state index in [2.05, 4.69) is 53.4 Å². The molecular formula is C27H30N5O2S4+. The molecule has 1 saturated heterocycles. The maximum atomic E-state index is 13.3. The quantitative estimate of drug-likeness (QED) is 0.313. The topological polar surface area (TPSA) is 54.4 Å². The summed E-state index contributed by atoms with van der Waals surface area (Å²) >= 11 is 9.86. The number of rotatable bonds is 7. The smallest absolute Gasteiger partial charge is 0.276 e. The molecule has 2 aliphatic heterocycles. The van der Waals surface area contributed by atoms with E-state index in [4.69, 9.17) is 12.2 Å². The van der Waals surface area contributed by atoms with Crippen molar-refractivity contribution < 1.29 is 9.36 Å². The lowest BCUT2D eigenvalue weighted by Gasteiger charge is -2.12. The fourth-order valence-electron chi connectivity index (χ4n) is 4.57. The van der Waals surface area contributed by atoms with Crippen molar-refractivity contribution in [2.24, 2.45) is 7.05 Å². The predicted molar refractivity (Wildman–Crippen MR) is 162 cm³/mol. The average Bonchev–Trinajstić information content (AvgIpc) is 3.62. The molecule has 0 bridgehead atoms. The van der Waals surface area contributed by atoms with Gasteiger partial charge in [-0.15, -0.1) is 11.3 Å². The van der Waals surface area contributed by atoms with Crippen LogP contribution in [0.3, 0.4) is 0 Å². The first-order valence-electron chi connectivity index (χ1n) is 12.7.